The van der Waals surface area contributed by atoms with Crippen molar-refractivity contribution < 1.29 is 0 Å². The van der Waals surface area contributed by atoms with E-state index in [2.05, 4.69) is 44.3 Å². The molecule has 0 aliphatic heterocycles. The zero-order valence-corrected chi connectivity index (χ0v) is 12.8. The Kier molecular flexibility index (Phi) is 8.52. The van der Waals surface area contributed by atoms with Crippen LogP contribution in [0.15, 0.2) is 0 Å². The summed E-state index contributed by atoms with van der Waals surface area (Å²) in [6, 6.07) is 0.720. The Balaban J connectivity index is 4.31. The highest BCUT2D eigenvalue weighted by atomic mass is 32.2. The normalized spacial score (nSPS) is 17.4. The highest BCUT2D eigenvalue weighted by Crippen LogP contribution is 2.23. The molecule has 0 aliphatic rings. The van der Waals surface area contributed by atoms with Crippen LogP contribution >= 0.6 is 11.8 Å². The van der Waals surface area contributed by atoms with Crippen LogP contribution in [0.4, 0.5) is 0 Å². The van der Waals surface area contributed by atoms with Gasteiger partial charge in [0.1, 0.15) is 0 Å². The Bertz CT molecular complexity index is 175. The molecule has 0 aromatic carbocycles. The molecule has 2 unspecified atom stereocenters. The largest absolute Gasteiger partial charge is 0.319 e. The van der Waals surface area contributed by atoms with Crippen LogP contribution < -0.4 is 5.32 Å². The van der Waals surface area contributed by atoms with Gasteiger partial charge >= 0.3 is 0 Å². The van der Waals surface area contributed by atoms with E-state index in [4.69, 9.17) is 0 Å². The Morgan fingerprint density at radius 1 is 1.38 bits per heavy atom. The van der Waals surface area contributed by atoms with Gasteiger partial charge < -0.3 is 10.2 Å². The van der Waals surface area contributed by atoms with Crippen molar-refractivity contribution in [3.8, 4) is 0 Å². The van der Waals surface area contributed by atoms with Crippen LogP contribution in [0.3, 0.4) is 0 Å². The Morgan fingerprint density at radius 2 is 2.00 bits per heavy atom. The third-order valence-electron chi connectivity index (χ3n) is 3.54. The topological polar surface area (TPSA) is 15.3 Å². The van der Waals surface area contributed by atoms with Gasteiger partial charge in [-0.25, -0.2) is 0 Å². The molecule has 0 radical (unpaired) electrons. The van der Waals surface area contributed by atoms with E-state index in [-0.39, 0.29) is 0 Å². The number of nitrogens with one attached hydrogen (secondary N) is 1. The van der Waals surface area contributed by atoms with E-state index < -0.39 is 0 Å². The van der Waals surface area contributed by atoms with Crippen molar-refractivity contribution in [3.05, 3.63) is 0 Å². The second-order valence-corrected chi connectivity index (χ2v) is 6.04. The van der Waals surface area contributed by atoms with Crippen LogP contribution in [0, 0.1) is 5.41 Å². The molecule has 0 aliphatic carbocycles. The summed E-state index contributed by atoms with van der Waals surface area (Å²) >= 11 is 1.95. The molecule has 0 heterocycles. The fourth-order valence-corrected chi connectivity index (χ4v) is 3.07. The van der Waals surface area contributed by atoms with Crippen LogP contribution in [0.25, 0.3) is 0 Å². The van der Waals surface area contributed by atoms with Gasteiger partial charge in [-0.2, -0.15) is 11.8 Å². The third-order valence-corrected chi connectivity index (χ3v) is 4.26. The van der Waals surface area contributed by atoms with E-state index >= 15 is 0 Å². The second-order valence-electron chi connectivity index (χ2n) is 5.13. The molecule has 0 aromatic rings. The van der Waals surface area contributed by atoms with Crippen LogP contribution in [0.2, 0.25) is 0 Å². The maximum Gasteiger partial charge on any atom is 0.0180 e. The molecule has 0 amide bonds. The van der Waals surface area contributed by atoms with E-state index in [1.165, 1.54) is 25.1 Å². The molecule has 0 bridgehead atoms. The first-order valence-corrected chi connectivity index (χ1v) is 7.76. The van der Waals surface area contributed by atoms with Gasteiger partial charge in [0.05, 0.1) is 0 Å². The number of nitrogens with zero attached hydrogens (tertiary/aromatic N) is 1. The highest BCUT2D eigenvalue weighted by Gasteiger charge is 2.25. The van der Waals surface area contributed by atoms with Crippen molar-refractivity contribution in [3.63, 3.8) is 0 Å². The zero-order valence-electron chi connectivity index (χ0n) is 12.0. The Morgan fingerprint density at radius 3 is 2.38 bits per heavy atom. The average Bonchev–Trinajstić information content (AvgIpc) is 2.25. The smallest absolute Gasteiger partial charge is 0.0180 e. The molecule has 98 valence electrons. The molecule has 2 nitrogen and oxygen atoms in total. The number of hydrogen-bond acceptors (Lipinski definition) is 3. The molecule has 0 spiro atoms. The predicted molar refractivity (Wildman–Crippen MR) is 77.4 cm³/mol. The van der Waals surface area contributed by atoms with Gasteiger partial charge in [-0.15, -0.1) is 0 Å². The second kappa shape index (κ2) is 8.37. The number of thioether (sulfide) groups is 1. The van der Waals surface area contributed by atoms with Crippen molar-refractivity contribution in [2.45, 2.75) is 39.7 Å². The minimum atomic E-state index is 0.398. The summed E-state index contributed by atoms with van der Waals surface area (Å²) in [5.41, 5.74) is 0.398. The maximum absolute atomic E-state index is 3.32. The monoisotopic (exact) mass is 246 g/mol. The quantitative estimate of drug-likeness (QED) is 0.673. The first-order chi connectivity index (χ1) is 7.52. The lowest BCUT2D eigenvalue weighted by atomic mass is 9.86. The molecule has 16 heavy (non-hydrogen) atoms. The lowest BCUT2D eigenvalue weighted by molar-refractivity contribution is 0.149. The van der Waals surface area contributed by atoms with Crippen molar-refractivity contribution in [1.82, 2.24) is 10.2 Å². The summed E-state index contributed by atoms with van der Waals surface area (Å²) in [4.78, 5) is 2.54. The van der Waals surface area contributed by atoms with E-state index in [9.17, 15) is 0 Å². The van der Waals surface area contributed by atoms with Gasteiger partial charge in [-0.1, -0.05) is 20.8 Å². The SMILES string of the molecule is CCC(CSC)N(C)CC(C)(CC)CNC. The fourth-order valence-electron chi connectivity index (χ4n) is 2.20. The lowest BCUT2D eigenvalue weighted by Gasteiger charge is -2.36. The van der Waals surface area contributed by atoms with Gasteiger partial charge in [0.25, 0.3) is 0 Å². The molecule has 0 saturated heterocycles. The van der Waals surface area contributed by atoms with Crippen LogP contribution in [-0.4, -0.2) is 50.1 Å². The van der Waals surface area contributed by atoms with Crippen molar-refractivity contribution in [1.29, 1.82) is 0 Å². The first kappa shape index (κ1) is 16.3. The van der Waals surface area contributed by atoms with Gasteiger partial charge in [0.15, 0.2) is 0 Å². The number of rotatable bonds is 9. The molecule has 2 atom stereocenters. The van der Waals surface area contributed by atoms with Crippen LogP contribution in [-0.2, 0) is 0 Å². The third kappa shape index (κ3) is 5.55. The van der Waals surface area contributed by atoms with Gasteiger partial charge in [0.2, 0.25) is 0 Å². The molecule has 1 N–H and O–H groups in total. The van der Waals surface area contributed by atoms with E-state index in [1.54, 1.807) is 0 Å². The lowest BCUT2D eigenvalue weighted by Crippen LogP contribution is -2.44. The Hall–Kier alpha value is 0.270. The van der Waals surface area contributed by atoms with Crippen LogP contribution in [0.5, 0.6) is 0 Å². The van der Waals surface area contributed by atoms with Gasteiger partial charge in [0, 0.05) is 24.9 Å². The molecular weight excluding hydrogens is 216 g/mol. The maximum atomic E-state index is 3.32. The molecular formula is C13H30N2S. The number of hydrogen-bond donors (Lipinski definition) is 1. The minimum Gasteiger partial charge on any atom is -0.319 e. The van der Waals surface area contributed by atoms with Crippen molar-refractivity contribution in [2.24, 2.45) is 5.41 Å². The Labute approximate surface area is 107 Å². The highest BCUT2D eigenvalue weighted by molar-refractivity contribution is 7.98. The van der Waals surface area contributed by atoms with Gasteiger partial charge in [-0.05, 0) is 38.6 Å². The van der Waals surface area contributed by atoms with E-state index in [0.29, 0.717) is 5.41 Å². The summed E-state index contributed by atoms with van der Waals surface area (Å²) in [5.74, 6) is 1.24. The average molecular weight is 246 g/mol. The molecule has 0 rings (SSSR count). The summed E-state index contributed by atoms with van der Waals surface area (Å²) in [6.45, 7) is 9.25. The standard InChI is InChI=1S/C13H30N2S/c1-7-12(9-16-6)15(5)11-13(3,8-2)10-14-4/h12,14H,7-11H2,1-6H3. The predicted octanol–water partition coefficient (Wildman–Crippen LogP) is 2.70. The minimum absolute atomic E-state index is 0.398. The van der Waals surface area contributed by atoms with Crippen LogP contribution in [0.1, 0.15) is 33.6 Å². The van der Waals surface area contributed by atoms with Crippen molar-refractivity contribution in [2.75, 3.05) is 39.2 Å². The molecule has 0 aromatic heterocycles. The van der Waals surface area contributed by atoms with E-state index in [0.717, 1.165) is 12.6 Å². The first-order valence-electron chi connectivity index (χ1n) is 6.36. The molecule has 0 fully saturated rings. The summed E-state index contributed by atoms with van der Waals surface area (Å²) < 4.78 is 0. The molecule has 0 saturated carbocycles. The van der Waals surface area contributed by atoms with E-state index in [1.807, 2.05) is 18.8 Å². The van der Waals surface area contributed by atoms with Crippen molar-refractivity contribution >= 4 is 11.8 Å². The summed E-state index contributed by atoms with van der Waals surface area (Å²) in [7, 11) is 4.32. The fraction of sp³-hybridized carbons (Fsp3) is 1.00. The summed E-state index contributed by atoms with van der Waals surface area (Å²) in [5, 5.41) is 3.32. The molecule has 3 heteroatoms. The summed E-state index contributed by atoms with van der Waals surface area (Å²) in [6.07, 6.45) is 4.67. The zero-order chi connectivity index (χ0) is 12.6. The van der Waals surface area contributed by atoms with Gasteiger partial charge in [-0.3, -0.25) is 0 Å².